The van der Waals surface area contributed by atoms with Gasteiger partial charge in [-0.2, -0.15) is 0 Å². The van der Waals surface area contributed by atoms with Gasteiger partial charge in [0.2, 0.25) is 0 Å². The van der Waals surface area contributed by atoms with Gasteiger partial charge in [0.05, 0.1) is 6.54 Å². The van der Waals surface area contributed by atoms with E-state index < -0.39 is 0 Å². The topological polar surface area (TPSA) is 57.5 Å². The highest BCUT2D eigenvalue weighted by molar-refractivity contribution is 5.74. The van der Waals surface area contributed by atoms with Gasteiger partial charge in [0.1, 0.15) is 11.5 Å². The minimum Gasteiger partial charge on any atom is -0.464 e. The van der Waals surface area contributed by atoms with E-state index in [0.29, 0.717) is 30.6 Å². The highest BCUT2D eigenvalue weighted by Gasteiger charge is 2.37. The van der Waals surface area contributed by atoms with E-state index in [1.807, 2.05) is 6.07 Å². The van der Waals surface area contributed by atoms with Crippen LogP contribution < -0.4 is 10.6 Å². The predicted octanol–water partition coefficient (Wildman–Crippen LogP) is 3.22. The molecule has 1 saturated carbocycles. The largest absolute Gasteiger partial charge is 0.464 e. The Morgan fingerprint density at radius 1 is 1.25 bits per heavy atom. The van der Waals surface area contributed by atoms with Crippen molar-refractivity contribution in [3.63, 3.8) is 0 Å². The molecule has 2 bridgehead atoms. The molecule has 2 amide bonds. The summed E-state index contributed by atoms with van der Waals surface area (Å²) in [4.78, 5) is 14.7. The van der Waals surface area contributed by atoms with Crippen LogP contribution in [0.2, 0.25) is 0 Å². The maximum atomic E-state index is 12.2. The summed E-state index contributed by atoms with van der Waals surface area (Å²) >= 11 is 0. The van der Waals surface area contributed by atoms with Crippen molar-refractivity contribution in [2.75, 3.05) is 7.05 Å². The summed E-state index contributed by atoms with van der Waals surface area (Å²) in [5, 5.41) is 6.12. The molecule has 132 valence electrons. The van der Waals surface area contributed by atoms with Crippen molar-refractivity contribution in [3.8, 4) is 0 Å². The Hall–Kier alpha value is -1.49. The zero-order chi connectivity index (χ0) is 16.7. The van der Waals surface area contributed by atoms with Gasteiger partial charge in [0.15, 0.2) is 0 Å². The van der Waals surface area contributed by atoms with Crippen molar-refractivity contribution in [2.45, 2.75) is 76.0 Å². The van der Waals surface area contributed by atoms with Crippen molar-refractivity contribution >= 4 is 6.03 Å². The van der Waals surface area contributed by atoms with E-state index in [0.717, 1.165) is 30.3 Å². The molecule has 5 heteroatoms. The fraction of sp³-hybridized carbons (Fsp3) is 0.737. The summed E-state index contributed by atoms with van der Waals surface area (Å²) in [5.74, 6) is 3.25. The number of piperidine rings is 2. The third-order valence-corrected chi connectivity index (χ3v) is 6.26. The van der Waals surface area contributed by atoms with Crippen LogP contribution in [0.3, 0.4) is 0 Å². The number of amides is 2. The first-order valence-electron chi connectivity index (χ1n) is 9.45. The van der Waals surface area contributed by atoms with Crippen molar-refractivity contribution in [2.24, 2.45) is 5.92 Å². The van der Waals surface area contributed by atoms with Crippen LogP contribution in [0.15, 0.2) is 16.5 Å². The third-order valence-electron chi connectivity index (χ3n) is 6.26. The number of nitrogens with zero attached hydrogens (tertiary/aromatic N) is 1. The van der Waals surface area contributed by atoms with Crippen LogP contribution in [-0.4, -0.2) is 36.1 Å². The van der Waals surface area contributed by atoms with Crippen molar-refractivity contribution < 1.29 is 9.21 Å². The normalized spacial score (nSPS) is 35.5. The number of carbonyl (C=O) groups excluding carboxylic acids is 1. The van der Waals surface area contributed by atoms with Gasteiger partial charge in [-0.3, -0.25) is 0 Å². The van der Waals surface area contributed by atoms with E-state index in [1.165, 1.54) is 25.7 Å². The Kier molecular flexibility index (Phi) is 4.29. The number of carbonyl (C=O) groups is 1. The Morgan fingerprint density at radius 3 is 2.62 bits per heavy atom. The Morgan fingerprint density at radius 2 is 1.96 bits per heavy atom. The molecule has 1 aromatic rings. The molecule has 24 heavy (non-hydrogen) atoms. The highest BCUT2D eigenvalue weighted by atomic mass is 16.3. The molecular formula is C19H29N3O2. The number of rotatable bonds is 4. The average molecular weight is 331 g/mol. The second-order valence-corrected chi connectivity index (χ2v) is 8.02. The van der Waals surface area contributed by atoms with E-state index >= 15 is 0 Å². The van der Waals surface area contributed by atoms with Crippen molar-refractivity contribution in [3.05, 3.63) is 23.7 Å². The number of hydrogen-bond donors (Lipinski definition) is 2. The maximum absolute atomic E-state index is 12.2. The lowest BCUT2D eigenvalue weighted by Gasteiger charge is -2.47. The molecule has 5 atom stereocenters. The third kappa shape index (κ3) is 3.32. The second kappa shape index (κ2) is 6.43. The molecule has 4 rings (SSSR count). The van der Waals surface area contributed by atoms with Crippen LogP contribution in [0.5, 0.6) is 0 Å². The quantitative estimate of drug-likeness (QED) is 0.891. The zero-order valence-corrected chi connectivity index (χ0v) is 14.8. The lowest BCUT2D eigenvalue weighted by atomic mass is 9.82. The zero-order valence-electron chi connectivity index (χ0n) is 14.8. The van der Waals surface area contributed by atoms with Gasteiger partial charge in [0, 0.05) is 24.0 Å². The molecule has 1 aromatic heterocycles. The molecule has 0 aromatic carbocycles. The van der Waals surface area contributed by atoms with Gasteiger partial charge in [-0.1, -0.05) is 13.3 Å². The first-order chi connectivity index (χ1) is 11.6. The Balaban J connectivity index is 1.24. The molecule has 1 aliphatic carbocycles. The molecular weight excluding hydrogens is 302 g/mol. The number of furan rings is 1. The maximum Gasteiger partial charge on any atom is 0.315 e. The Bertz CT molecular complexity index is 585. The summed E-state index contributed by atoms with van der Waals surface area (Å²) < 4.78 is 5.84. The van der Waals surface area contributed by atoms with Gasteiger partial charge in [-0.25, -0.2) is 4.79 Å². The monoisotopic (exact) mass is 331 g/mol. The average Bonchev–Trinajstić information content (AvgIpc) is 3.08. The van der Waals surface area contributed by atoms with Gasteiger partial charge < -0.3 is 20.0 Å². The summed E-state index contributed by atoms with van der Waals surface area (Å²) in [6, 6.07) is 5.55. The van der Waals surface area contributed by atoms with E-state index in [9.17, 15) is 4.79 Å². The number of fused-ring (bicyclic) bond motifs is 2. The summed E-state index contributed by atoms with van der Waals surface area (Å²) in [7, 11) is 2.24. The van der Waals surface area contributed by atoms with Crippen molar-refractivity contribution in [1.82, 2.24) is 15.5 Å². The molecule has 0 radical (unpaired) electrons. The molecule has 5 nitrogen and oxygen atoms in total. The van der Waals surface area contributed by atoms with Gasteiger partial charge in [0.25, 0.3) is 0 Å². The fourth-order valence-corrected chi connectivity index (χ4v) is 4.54. The summed E-state index contributed by atoms with van der Waals surface area (Å²) in [6.45, 7) is 2.71. The molecule has 0 spiro atoms. The molecule has 3 heterocycles. The highest BCUT2D eigenvalue weighted by Crippen LogP contribution is 2.47. The lowest BCUT2D eigenvalue weighted by molar-refractivity contribution is 0.0509. The Labute approximate surface area is 144 Å². The van der Waals surface area contributed by atoms with E-state index in [4.69, 9.17) is 4.42 Å². The van der Waals surface area contributed by atoms with E-state index in [1.54, 1.807) is 0 Å². The van der Waals surface area contributed by atoms with Crippen LogP contribution in [0, 0.1) is 5.92 Å². The minimum atomic E-state index is -0.0691. The molecule has 1 unspecified atom stereocenters. The predicted molar refractivity (Wildman–Crippen MR) is 92.8 cm³/mol. The minimum absolute atomic E-state index is 0.0691. The first kappa shape index (κ1) is 16.0. The lowest BCUT2D eigenvalue weighted by Crippen LogP contribution is -2.56. The molecule has 2 aliphatic heterocycles. The van der Waals surface area contributed by atoms with Gasteiger partial charge in [-0.05, 0) is 57.2 Å². The van der Waals surface area contributed by atoms with Crippen LogP contribution in [0.4, 0.5) is 4.79 Å². The number of nitrogens with one attached hydrogen (secondary N) is 2. The smallest absolute Gasteiger partial charge is 0.315 e. The molecule has 2 saturated heterocycles. The van der Waals surface area contributed by atoms with Gasteiger partial charge in [-0.15, -0.1) is 0 Å². The molecule has 2 N–H and O–H groups in total. The van der Waals surface area contributed by atoms with E-state index in [-0.39, 0.29) is 6.03 Å². The fourth-order valence-electron chi connectivity index (χ4n) is 4.54. The summed E-state index contributed by atoms with van der Waals surface area (Å²) in [5.41, 5.74) is 0. The first-order valence-corrected chi connectivity index (χ1v) is 9.45. The molecule has 3 aliphatic rings. The SMILES string of the molecule is C[C@@H]1C[C@H]1c1ccc(CNC(=O)NC2C[C@H]3CCC[C@@H](C2)N3C)o1. The summed E-state index contributed by atoms with van der Waals surface area (Å²) in [6.07, 6.45) is 7.23. The number of urea groups is 1. The van der Waals surface area contributed by atoms with Crippen LogP contribution in [0.1, 0.15) is 62.9 Å². The van der Waals surface area contributed by atoms with Crippen LogP contribution >= 0.6 is 0 Å². The van der Waals surface area contributed by atoms with Crippen LogP contribution in [0.25, 0.3) is 0 Å². The van der Waals surface area contributed by atoms with E-state index in [2.05, 4.69) is 35.6 Å². The second-order valence-electron chi connectivity index (χ2n) is 8.02. The van der Waals surface area contributed by atoms with Gasteiger partial charge >= 0.3 is 6.03 Å². The number of hydrogen-bond acceptors (Lipinski definition) is 3. The standard InChI is InChI=1S/C19H29N3O2/c1-12-8-17(12)18-7-6-16(24-18)11-20-19(23)21-13-9-14-4-3-5-15(10-13)22(14)2/h6-7,12-15,17H,3-5,8-11H2,1-2H3,(H2,20,21,23)/t12-,13?,14-,15+,17-/m1/s1. The van der Waals surface area contributed by atoms with Crippen molar-refractivity contribution in [1.29, 1.82) is 0 Å². The van der Waals surface area contributed by atoms with Crippen LogP contribution in [-0.2, 0) is 6.54 Å². The molecule has 3 fully saturated rings.